The normalized spacial score (nSPS) is 13.0. The number of hydrogen-bond acceptors (Lipinski definition) is 3. The molecule has 0 aliphatic rings. The van der Waals surface area contributed by atoms with Gasteiger partial charge in [-0.1, -0.05) is 26.0 Å². The van der Waals surface area contributed by atoms with Crippen LogP contribution in [0.1, 0.15) is 39.2 Å². The van der Waals surface area contributed by atoms with Gasteiger partial charge in [0.1, 0.15) is 5.60 Å². The van der Waals surface area contributed by atoms with Crippen molar-refractivity contribution in [1.82, 2.24) is 0 Å². The van der Waals surface area contributed by atoms with Crippen molar-refractivity contribution in [2.45, 2.75) is 44.1 Å². The SMILES string of the molecule is CC(C)c1ccc(S(=O)(=O)OCC(C)(C)[O])cc1. The maximum Gasteiger partial charge on any atom is 0.297 e. The van der Waals surface area contributed by atoms with Gasteiger partial charge in [0, 0.05) is 0 Å². The smallest absolute Gasteiger partial charge is 0.263 e. The fourth-order valence-electron chi connectivity index (χ4n) is 1.31. The number of hydrogen-bond donors (Lipinski definition) is 0. The average Bonchev–Trinajstić information content (AvgIpc) is 2.26. The molecule has 5 heteroatoms. The second kappa shape index (κ2) is 5.38. The summed E-state index contributed by atoms with van der Waals surface area (Å²) in [6.07, 6.45) is 0. The van der Waals surface area contributed by atoms with Gasteiger partial charge < -0.3 is 0 Å². The lowest BCUT2D eigenvalue weighted by Crippen LogP contribution is -2.26. The zero-order valence-electron chi connectivity index (χ0n) is 11.1. The van der Waals surface area contributed by atoms with Crippen molar-refractivity contribution < 1.29 is 17.7 Å². The Labute approximate surface area is 109 Å². The monoisotopic (exact) mass is 271 g/mol. The third-order valence-corrected chi connectivity index (χ3v) is 3.67. The van der Waals surface area contributed by atoms with E-state index in [0.29, 0.717) is 5.92 Å². The maximum atomic E-state index is 11.8. The molecule has 1 radical (unpaired) electrons. The van der Waals surface area contributed by atoms with Crippen molar-refractivity contribution in [2.24, 2.45) is 0 Å². The Balaban J connectivity index is 2.86. The molecule has 0 fully saturated rings. The van der Waals surface area contributed by atoms with Gasteiger partial charge in [-0.2, -0.15) is 8.42 Å². The molecule has 0 saturated heterocycles. The van der Waals surface area contributed by atoms with Gasteiger partial charge in [0.05, 0.1) is 11.5 Å². The predicted molar refractivity (Wildman–Crippen MR) is 68.4 cm³/mol. The van der Waals surface area contributed by atoms with E-state index in [1.54, 1.807) is 12.1 Å². The van der Waals surface area contributed by atoms with Crippen LogP contribution < -0.4 is 0 Å². The molecule has 0 bridgehead atoms. The van der Waals surface area contributed by atoms with Gasteiger partial charge in [0.15, 0.2) is 0 Å². The van der Waals surface area contributed by atoms with E-state index < -0.39 is 15.7 Å². The van der Waals surface area contributed by atoms with Crippen LogP contribution in [0.25, 0.3) is 0 Å². The van der Waals surface area contributed by atoms with Crippen molar-refractivity contribution in [1.29, 1.82) is 0 Å². The highest BCUT2D eigenvalue weighted by molar-refractivity contribution is 7.86. The third kappa shape index (κ3) is 4.40. The average molecular weight is 271 g/mol. The summed E-state index contributed by atoms with van der Waals surface area (Å²) in [5, 5.41) is 11.3. The van der Waals surface area contributed by atoms with Gasteiger partial charge in [0.25, 0.3) is 10.1 Å². The van der Waals surface area contributed by atoms with Crippen molar-refractivity contribution in [2.75, 3.05) is 6.61 Å². The Kier molecular flexibility index (Phi) is 4.53. The van der Waals surface area contributed by atoms with Crippen LogP contribution >= 0.6 is 0 Å². The van der Waals surface area contributed by atoms with Crippen LogP contribution in [0.15, 0.2) is 29.2 Å². The molecule has 0 aliphatic heterocycles. The van der Waals surface area contributed by atoms with Gasteiger partial charge in [-0.25, -0.2) is 5.11 Å². The summed E-state index contributed by atoms with van der Waals surface area (Å²) in [4.78, 5) is 0.0798. The van der Waals surface area contributed by atoms with Crippen LogP contribution in [0.2, 0.25) is 0 Å². The first-order chi connectivity index (χ1) is 8.12. The fraction of sp³-hybridized carbons (Fsp3) is 0.538. The first-order valence-corrected chi connectivity index (χ1v) is 7.22. The Morgan fingerprint density at radius 2 is 1.67 bits per heavy atom. The molecule has 18 heavy (non-hydrogen) atoms. The Hall–Kier alpha value is -0.910. The molecule has 4 nitrogen and oxygen atoms in total. The van der Waals surface area contributed by atoms with Crippen LogP contribution in [0.3, 0.4) is 0 Å². The molecule has 0 N–H and O–H groups in total. The van der Waals surface area contributed by atoms with E-state index in [1.807, 2.05) is 13.8 Å². The van der Waals surface area contributed by atoms with E-state index in [9.17, 15) is 13.5 Å². The first kappa shape index (κ1) is 15.1. The molecular formula is C13H19O4S. The molecule has 0 atom stereocenters. The molecule has 1 aromatic carbocycles. The lowest BCUT2D eigenvalue weighted by atomic mass is 10.0. The topological polar surface area (TPSA) is 63.3 Å². The van der Waals surface area contributed by atoms with Crippen LogP contribution in [0, 0.1) is 0 Å². The zero-order chi connectivity index (χ0) is 14.0. The summed E-state index contributed by atoms with van der Waals surface area (Å²) in [6, 6.07) is 6.51. The molecule has 0 spiro atoms. The molecule has 0 aromatic heterocycles. The quantitative estimate of drug-likeness (QED) is 0.773. The second-order valence-electron chi connectivity index (χ2n) is 5.20. The van der Waals surface area contributed by atoms with Crippen LogP contribution in [0.4, 0.5) is 0 Å². The number of benzene rings is 1. The summed E-state index contributed by atoms with van der Waals surface area (Å²) < 4.78 is 28.3. The lowest BCUT2D eigenvalue weighted by Gasteiger charge is -2.14. The van der Waals surface area contributed by atoms with Crippen molar-refractivity contribution in [3.05, 3.63) is 29.8 Å². The highest BCUT2D eigenvalue weighted by Gasteiger charge is 2.22. The van der Waals surface area contributed by atoms with Crippen LogP contribution in [-0.4, -0.2) is 20.6 Å². The summed E-state index contributed by atoms with van der Waals surface area (Å²) in [7, 11) is -3.84. The molecule has 0 aliphatic carbocycles. The molecule has 101 valence electrons. The van der Waals surface area contributed by atoms with Gasteiger partial charge in [-0.15, -0.1) is 0 Å². The Morgan fingerprint density at radius 3 is 2.06 bits per heavy atom. The molecule has 0 amide bonds. The van der Waals surface area contributed by atoms with E-state index in [2.05, 4.69) is 0 Å². The molecule has 0 unspecified atom stereocenters. The van der Waals surface area contributed by atoms with E-state index >= 15 is 0 Å². The highest BCUT2D eigenvalue weighted by atomic mass is 32.2. The minimum absolute atomic E-state index is 0.0798. The lowest BCUT2D eigenvalue weighted by molar-refractivity contribution is -0.0306. The van der Waals surface area contributed by atoms with Crippen LogP contribution in [-0.2, 0) is 19.4 Å². The summed E-state index contributed by atoms with van der Waals surface area (Å²) >= 11 is 0. The largest absolute Gasteiger partial charge is 0.297 e. The predicted octanol–water partition coefficient (Wildman–Crippen LogP) is 2.72. The maximum absolute atomic E-state index is 11.8. The van der Waals surface area contributed by atoms with E-state index in [1.165, 1.54) is 26.0 Å². The summed E-state index contributed by atoms with van der Waals surface area (Å²) in [5.74, 6) is 0.336. The molecular weight excluding hydrogens is 252 g/mol. The van der Waals surface area contributed by atoms with Crippen molar-refractivity contribution in [3.63, 3.8) is 0 Å². The molecule has 1 rings (SSSR count). The van der Waals surface area contributed by atoms with Crippen molar-refractivity contribution in [3.8, 4) is 0 Å². The minimum atomic E-state index is -3.84. The second-order valence-corrected chi connectivity index (χ2v) is 6.82. The Morgan fingerprint density at radius 1 is 1.17 bits per heavy atom. The highest BCUT2D eigenvalue weighted by Crippen LogP contribution is 2.19. The number of rotatable bonds is 5. The minimum Gasteiger partial charge on any atom is -0.263 e. The van der Waals surface area contributed by atoms with E-state index in [-0.39, 0.29) is 11.5 Å². The van der Waals surface area contributed by atoms with Gasteiger partial charge in [-0.05, 0) is 37.5 Å². The Bertz CT molecular complexity index is 481. The fourth-order valence-corrected chi connectivity index (χ4v) is 2.35. The van der Waals surface area contributed by atoms with Gasteiger partial charge >= 0.3 is 0 Å². The molecule has 0 saturated carbocycles. The summed E-state index contributed by atoms with van der Waals surface area (Å²) in [5.41, 5.74) is -0.372. The van der Waals surface area contributed by atoms with E-state index in [4.69, 9.17) is 4.18 Å². The van der Waals surface area contributed by atoms with Crippen LogP contribution in [0.5, 0.6) is 0 Å². The van der Waals surface area contributed by atoms with E-state index in [0.717, 1.165) is 5.56 Å². The first-order valence-electron chi connectivity index (χ1n) is 5.82. The standard InChI is InChI=1S/C13H19O4S/c1-10(2)11-5-7-12(8-6-11)18(15,16)17-9-13(3,4)14/h5-8,10H,9H2,1-4H3. The zero-order valence-corrected chi connectivity index (χ0v) is 12.0. The van der Waals surface area contributed by atoms with Gasteiger partial charge in [-0.3, -0.25) is 4.18 Å². The molecule has 0 heterocycles. The van der Waals surface area contributed by atoms with Crippen molar-refractivity contribution >= 4 is 10.1 Å². The van der Waals surface area contributed by atoms with Gasteiger partial charge in [0.2, 0.25) is 0 Å². The third-order valence-electron chi connectivity index (χ3n) is 2.40. The summed E-state index contributed by atoms with van der Waals surface area (Å²) in [6.45, 7) is 6.44. The molecule has 1 aromatic rings.